The standard InChI is InChI=1S/C56H36N2/c1-33-25-28-42-48-31-46-39-17-6-4-15-37(39)38-16-5-7-18-40(38)47(46)32-51(48)56(50(42)29-33)49-23-10-8-19-41(49)43-21-12-22-45(53(43)56)55-57-52-24-11-9-20-44(52)54(58-55)36-27-26-34-13-2-3-14-35(34)30-36/h2-28,30-33H,29H2,1H3. The van der Waals surface area contributed by atoms with Crippen LogP contribution in [0.15, 0.2) is 188 Å². The number of nitrogens with zero attached hydrogens (tertiary/aromatic N) is 2. The quantitative estimate of drug-likeness (QED) is 0.165. The van der Waals surface area contributed by atoms with Crippen molar-refractivity contribution in [3.63, 3.8) is 0 Å². The molecule has 3 aliphatic rings. The number of aromatic nitrogens is 2. The van der Waals surface area contributed by atoms with E-state index in [2.05, 4.69) is 189 Å². The Kier molecular flexibility index (Phi) is 6.45. The van der Waals surface area contributed by atoms with Crippen LogP contribution in [0, 0.1) is 5.92 Å². The zero-order valence-corrected chi connectivity index (χ0v) is 32.0. The van der Waals surface area contributed by atoms with E-state index in [1.54, 1.807) is 0 Å². The second-order valence-electron chi connectivity index (χ2n) is 16.5. The highest BCUT2D eigenvalue weighted by atomic mass is 14.9. The van der Waals surface area contributed by atoms with Crippen LogP contribution in [-0.4, -0.2) is 9.97 Å². The average molecular weight is 737 g/mol. The van der Waals surface area contributed by atoms with Crippen molar-refractivity contribution in [2.75, 3.05) is 0 Å². The molecule has 3 aliphatic carbocycles. The monoisotopic (exact) mass is 736 g/mol. The summed E-state index contributed by atoms with van der Waals surface area (Å²) in [6.45, 7) is 2.37. The highest BCUT2D eigenvalue weighted by molar-refractivity contribution is 6.26. The first-order valence-corrected chi connectivity index (χ1v) is 20.5. The first-order valence-electron chi connectivity index (χ1n) is 20.5. The van der Waals surface area contributed by atoms with Crippen LogP contribution in [0.5, 0.6) is 0 Å². The molecular formula is C56H36N2. The van der Waals surface area contributed by atoms with Crippen LogP contribution in [-0.2, 0) is 5.41 Å². The normalized spacial score (nSPS) is 17.8. The molecule has 1 aromatic heterocycles. The van der Waals surface area contributed by atoms with Gasteiger partial charge in [-0.2, -0.15) is 0 Å². The van der Waals surface area contributed by atoms with Gasteiger partial charge in [0.2, 0.25) is 0 Å². The van der Waals surface area contributed by atoms with E-state index in [4.69, 9.17) is 9.97 Å². The summed E-state index contributed by atoms with van der Waals surface area (Å²) in [5.74, 6) is 1.17. The fourth-order valence-corrected chi connectivity index (χ4v) is 11.0. The highest BCUT2D eigenvalue weighted by Gasteiger charge is 2.54. The molecule has 10 aromatic rings. The van der Waals surface area contributed by atoms with Crippen LogP contribution in [0.1, 0.15) is 35.6 Å². The molecule has 0 saturated carbocycles. The smallest absolute Gasteiger partial charge is 0.160 e. The van der Waals surface area contributed by atoms with E-state index in [0.717, 1.165) is 40.0 Å². The molecule has 2 heteroatoms. The zero-order valence-electron chi connectivity index (χ0n) is 32.0. The summed E-state index contributed by atoms with van der Waals surface area (Å²) in [5, 5.41) is 11.3. The lowest BCUT2D eigenvalue weighted by atomic mass is 9.66. The first kappa shape index (κ1) is 32.0. The number of rotatable bonds is 2. The molecule has 1 spiro atoms. The number of allylic oxidation sites excluding steroid dienone is 4. The van der Waals surface area contributed by atoms with Crippen molar-refractivity contribution < 1.29 is 0 Å². The van der Waals surface area contributed by atoms with E-state index in [1.807, 2.05) is 0 Å². The minimum absolute atomic E-state index is 0.404. The lowest BCUT2D eigenvalue weighted by Gasteiger charge is -2.35. The van der Waals surface area contributed by atoms with E-state index < -0.39 is 5.41 Å². The van der Waals surface area contributed by atoms with E-state index in [-0.39, 0.29) is 0 Å². The van der Waals surface area contributed by atoms with Gasteiger partial charge in [-0.15, -0.1) is 0 Å². The van der Waals surface area contributed by atoms with E-state index in [0.29, 0.717) is 5.92 Å². The maximum Gasteiger partial charge on any atom is 0.160 e. The summed E-state index contributed by atoms with van der Waals surface area (Å²) < 4.78 is 0. The molecule has 9 aromatic carbocycles. The molecular weight excluding hydrogens is 701 g/mol. The predicted octanol–water partition coefficient (Wildman–Crippen LogP) is 14.3. The van der Waals surface area contributed by atoms with Crippen LogP contribution < -0.4 is 0 Å². The molecule has 0 amide bonds. The Morgan fingerprint density at radius 1 is 0.483 bits per heavy atom. The molecule has 0 bridgehead atoms. The molecule has 2 unspecified atom stereocenters. The van der Waals surface area contributed by atoms with Crippen LogP contribution in [0.25, 0.3) is 93.3 Å². The number of hydrogen-bond acceptors (Lipinski definition) is 2. The molecule has 270 valence electrons. The van der Waals surface area contributed by atoms with Crippen LogP contribution in [0.4, 0.5) is 0 Å². The van der Waals surface area contributed by atoms with Gasteiger partial charge in [0.25, 0.3) is 0 Å². The predicted molar refractivity (Wildman–Crippen MR) is 242 cm³/mol. The van der Waals surface area contributed by atoms with Crippen molar-refractivity contribution in [2.45, 2.75) is 18.8 Å². The minimum atomic E-state index is -0.523. The van der Waals surface area contributed by atoms with Gasteiger partial charge in [0.1, 0.15) is 0 Å². The molecule has 0 fully saturated rings. The molecule has 58 heavy (non-hydrogen) atoms. The number of benzene rings is 9. The summed E-state index contributed by atoms with van der Waals surface area (Å²) >= 11 is 0. The summed E-state index contributed by atoms with van der Waals surface area (Å²) in [7, 11) is 0. The second kappa shape index (κ2) is 11.7. The van der Waals surface area contributed by atoms with E-state index in [9.17, 15) is 0 Å². The maximum absolute atomic E-state index is 5.60. The van der Waals surface area contributed by atoms with Gasteiger partial charge < -0.3 is 0 Å². The highest BCUT2D eigenvalue weighted by Crippen LogP contribution is 2.66. The van der Waals surface area contributed by atoms with Crippen molar-refractivity contribution in [3.8, 4) is 33.8 Å². The summed E-state index contributed by atoms with van der Waals surface area (Å²) in [6.07, 6.45) is 5.82. The number of para-hydroxylation sites is 1. The third-order valence-electron chi connectivity index (χ3n) is 13.4. The summed E-state index contributed by atoms with van der Waals surface area (Å²) in [4.78, 5) is 11.0. The van der Waals surface area contributed by atoms with Gasteiger partial charge in [0, 0.05) is 16.5 Å². The molecule has 2 atom stereocenters. The van der Waals surface area contributed by atoms with Crippen LogP contribution in [0.2, 0.25) is 0 Å². The second-order valence-corrected chi connectivity index (χ2v) is 16.5. The maximum atomic E-state index is 5.60. The van der Waals surface area contributed by atoms with Crippen molar-refractivity contribution >= 4 is 59.6 Å². The van der Waals surface area contributed by atoms with Gasteiger partial charge in [-0.25, -0.2) is 9.97 Å². The molecule has 0 N–H and O–H groups in total. The van der Waals surface area contributed by atoms with E-state index in [1.165, 1.54) is 87.6 Å². The SMILES string of the molecule is CC1C=CC2=C(C1)C1(c3cc4c5ccccc5c5ccccc5c4cc32)c2ccccc2-c2cccc(-c3nc(-c4ccc5ccccc5c4)c4ccccc4n3)c21. The fourth-order valence-electron chi connectivity index (χ4n) is 11.0. The third kappa shape index (κ3) is 4.16. The Hall–Kier alpha value is -7.16. The molecule has 0 aliphatic heterocycles. The summed E-state index contributed by atoms with van der Waals surface area (Å²) in [6, 6.07) is 62.8. The Bertz CT molecular complexity index is 3510. The van der Waals surface area contributed by atoms with Crippen molar-refractivity contribution in [1.82, 2.24) is 9.97 Å². The van der Waals surface area contributed by atoms with Gasteiger partial charge in [-0.05, 0) is 124 Å². The van der Waals surface area contributed by atoms with Gasteiger partial charge in [0.05, 0.1) is 16.6 Å². The van der Waals surface area contributed by atoms with Crippen LogP contribution in [0.3, 0.4) is 0 Å². The van der Waals surface area contributed by atoms with Gasteiger partial charge in [-0.1, -0.05) is 165 Å². The Labute approximate surface area is 336 Å². The minimum Gasteiger partial charge on any atom is -0.228 e. The Morgan fingerprint density at radius 2 is 1.12 bits per heavy atom. The Morgan fingerprint density at radius 3 is 1.93 bits per heavy atom. The zero-order chi connectivity index (χ0) is 38.1. The topological polar surface area (TPSA) is 25.8 Å². The molecule has 0 radical (unpaired) electrons. The van der Waals surface area contributed by atoms with Crippen molar-refractivity contribution in [3.05, 3.63) is 210 Å². The largest absolute Gasteiger partial charge is 0.228 e. The number of hydrogen-bond donors (Lipinski definition) is 0. The lowest BCUT2D eigenvalue weighted by molar-refractivity contribution is 0.631. The van der Waals surface area contributed by atoms with Gasteiger partial charge in [-0.3, -0.25) is 0 Å². The van der Waals surface area contributed by atoms with Crippen LogP contribution >= 0.6 is 0 Å². The molecule has 0 saturated heterocycles. The summed E-state index contributed by atoms with van der Waals surface area (Å²) in [5.41, 5.74) is 14.3. The third-order valence-corrected chi connectivity index (χ3v) is 13.4. The Balaban J connectivity index is 1.16. The molecule has 2 nitrogen and oxygen atoms in total. The fraction of sp³-hybridized carbons (Fsp3) is 0.0714. The molecule has 1 heterocycles. The average Bonchev–Trinajstić information content (AvgIpc) is 3.74. The lowest BCUT2D eigenvalue weighted by Crippen LogP contribution is -2.29. The molecule has 13 rings (SSSR count). The number of fused-ring (bicyclic) bond motifs is 17. The first-order chi connectivity index (χ1) is 28.7. The van der Waals surface area contributed by atoms with Crippen molar-refractivity contribution in [1.29, 1.82) is 0 Å². The van der Waals surface area contributed by atoms with Gasteiger partial charge in [0.15, 0.2) is 5.82 Å². The van der Waals surface area contributed by atoms with Gasteiger partial charge >= 0.3 is 0 Å². The van der Waals surface area contributed by atoms with Crippen molar-refractivity contribution in [2.24, 2.45) is 5.92 Å². The van der Waals surface area contributed by atoms with E-state index >= 15 is 0 Å².